The van der Waals surface area contributed by atoms with Gasteiger partial charge in [-0.05, 0) is 17.7 Å². The molecule has 0 spiro atoms. The van der Waals surface area contributed by atoms with Crippen LogP contribution in [0.25, 0.3) is 0 Å². The van der Waals surface area contributed by atoms with Crippen molar-refractivity contribution in [3.63, 3.8) is 0 Å². The molecule has 0 aliphatic rings. The number of carbonyl (C=O) groups excluding carboxylic acids is 1. The van der Waals surface area contributed by atoms with Gasteiger partial charge in [0.2, 0.25) is 0 Å². The van der Waals surface area contributed by atoms with Crippen LogP contribution in [0.5, 0.6) is 0 Å². The molecule has 0 bridgehead atoms. The summed E-state index contributed by atoms with van der Waals surface area (Å²) >= 11 is 0. The van der Waals surface area contributed by atoms with E-state index in [1.54, 1.807) is 19.2 Å². The second-order valence-corrected chi connectivity index (χ2v) is 3.02. The van der Waals surface area contributed by atoms with Crippen molar-refractivity contribution in [2.45, 2.75) is 12.5 Å². The molecular formula is C11H14NO2. The van der Waals surface area contributed by atoms with Gasteiger partial charge in [-0.2, -0.15) is 0 Å². The van der Waals surface area contributed by atoms with Gasteiger partial charge >= 0.3 is 0 Å². The Morgan fingerprint density at radius 1 is 1.71 bits per heavy atom. The Labute approximate surface area is 83.9 Å². The van der Waals surface area contributed by atoms with Crippen LogP contribution in [0.15, 0.2) is 24.3 Å². The molecule has 0 aliphatic carbocycles. The van der Waals surface area contributed by atoms with E-state index in [-0.39, 0.29) is 5.78 Å². The van der Waals surface area contributed by atoms with Crippen LogP contribution in [0.3, 0.4) is 0 Å². The maximum Gasteiger partial charge on any atom is 0.156 e. The molecule has 1 aromatic rings. The highest BCUT2D eigenvalue weighted by Gasteiger charge is 2.14. The maximum atomic E-state index is 11.5. The topological polar surface area (TPSA) is 52.3 Å². The van der Waals surface area contributed by atoms with Gasteiger partial charge in [0, 0.05) is 13.5 Å². The molecule has 14 heavy (non-hydrogen) atoms. The Bertz CT molecular complexity index is 285. The van der Waals surface area contributed by atoms with Crippen molar-refractivity contribution < 1.29 is 9.53 Å². The van der Waals surface area contributed by atoms with E-state index in [4.69, 9.17) is 10.5 Å². The minimum absolute atomic E-state index is 0.00792. The third kappa shape index (κ3) is 2.94. The Balaban J connectivity index is 2.57. The summed E-state index contributed by atoms with van der Waals surface area (Å²) in [5.74, 6) is -0.00792. The fraction of sp³-hybridized carbons (Fsp3) is 0.364. The second-order valence-electron chi connectivity index (χ2n) is 3.02. The third-order valence-electron chi connectivity index (χ3n) is 1.99. The summed E-state index contributed by atoms with van der Waals surface area (Å²) in [7, 11) is 1.56. The first-order chi connectivity index (χ1) is 6.75. The molecule has 1 atom stereocenters. The van der Waals surface area contributed by atoms with E-state index in [0.717, 1.165) is 5.56 Å². The molecule has 0 saturated heterocycles. The van der Waals surface area contributed by atoms with Crippen molar-refractivity contribution in [1.82, 2.24) is 0 Å². The molecule has 0 amide bonds. The first kappa shape index (κ1) is 10.9. The summed E-state index contributed by atoms with van der Waals surface area (Å²) in [5.41, 5.74) is 6.55. The Kier molecular flexibility index (Phi) is 4.29. The van der Waals surface area contributed by atoms with Crippen molar-refractivity contribution in [2.75, 3.05) is 13.7 Å². The molecule has 1 unspecified atom stereocenters. The predicted octanol–water partition coefficient (Wildman–Crippen LogP) is 1.09. The van der Waals surface area contributed by atoms with Gasteiger partial charge in [-0.3, -0.25) is 4.79 Å². The molecule has 75 valence electrons. The van der Waals surface area contributed by atoms with E-state index in [9.17, 15) is 4.79 Å². The molecule has 3 heteroatoms. The molecule has 0 fully saturated rings. The number of hydrogen-bond donors (Lipinski definition) is 1. The first-order valence-electron chi connectivity index (χ1n) is 4.49. The standard InChI is InChI=1S/C11H14NO2/c1-14-8-7-10(13)11(12)9-5-3-2-4-6-9/h2-3,5-6,11H,7-8,12H2,1H3. The molecule has 0 saturated carbocycles. The van der Waals surface area contributed by atoms with Gasteiger partial charge in [0.05, 0.1) is 12.6 Å². The fourth-order valence-electron chi connectivity index (χ4n) is 1.14. The highest BCUT2D eigenvalue weighted by Crippen LogP contribution is 2.11. The van der Waals surface area contributed by atoms with Crippen LogP contribution < -0.4 is 5.73 Å². The van der Waals surface area contributed by atoms with Gasteiger partial charge < -0.3 is 10.5 Å². The number of nitrogens with two attached hydrogens (primary N) is 1. The van der Waals surface area contributed by atoms with E-state index in [0.29, 0.717) is 13.0 Å². The summed E-state index contributed by atoms with van der Waals surface area (Å²) in [6.45, 7) is 0.420. The third-order valence-corrected chi connectivity index (χ3v) is 1.99. The molecule has 0 aromatic heterocycles. The zero-order chi connectivity index (χ0) is 10.4. The zero-order valence-electron chi connectivity index (χ0n) is 8.19. The van der Waals surface area contributed by atoms with Crippen LogP contribution in [-0.2, 0) is 9.53 Å². The lowest BCUT2D eigenvalue weighted by Gasteiger charge is -2.09. The summed E-state index contributed by atoms with van der Waals surface area (Å²) in [5, 5.41) is 0. The summed E-state index contributed by atoms with van der Waals surface area (Å²) in [6, 6.07) is 9.48. The molecule has 0 aliphatic heterocycles. The summed E-state index contributed by atoms with van der Waals surface area (Å²) in [4.78, 5) is 11.5. The number of Topliss-reactive ketones (excluding diaryl/α,β-unsaturated/α-hetero) is 1. The average molecular weight is 192 g/mol. The molecule has 3 nitrogen and oxygen atoms in total. The van der Waals surface area contributed by atoms with Gasteiger partial charge in [0.15, 0.2) is 5.78 Å². The van der Waals surface area contributed by atoms with Crippen LogP contribution in [0, 0.1) is 6.07 Å². The van der Waals surface area contributed by atoms with Crippen LogP contribution in [-0.4, -0.2) is 19.5 Å². The normalized spacial score (nSPS) is 12.4. The number of methoxy groups -OCH3 is 1. The molecular weight excluding hydrogens is 178 g/mol. The van der Waals surface area contributed by atoms with E-state index >= 15 is 0 Å². The van der Waals surface area contributed by atoms with Gasteiger partial charge in [0.25, 0.3) is 0 Å². The smallest absolute Gasteiger partial charge is 0.156 e. The lowest BCUT2D eigenvalue weighted by Crippen LogP contribution is -2.22. The highest BCUT2D eigenvalue weighted by atomic mass is 16.5. The monoisotopic (exact) mass is 192 g/mol. The zero-order valence-corrected chi connectivity index (χ0v) is 8.19. The van der Waals surface area contributed by atoms with Gasteiger partial charge in [0.1, 0.15) is 0 Å². The van der Waals surface area contributed by atoms with E-state index in [1.807, 2.05) is 12.1 Å². The van der Waals surface area contributed by atoms with E-state index in [2.05, 4.69) is 6.07 Å². The van der Waals surface area contributed by atoms with Crippen LogP contribution in [0.2, 0.25) is 0 Å². The van der Waals surface area contributed by atoms with Crippen molar-refractivity contribution in [2.24, 2.45) is 5.73 Å². The van der Waals surface area contributed by atoms with Crippen LogP contribution in [0.4, 0.5) is 0 Å². The minimum atomic E-state index is -0.553. The second kappa shape index (κ2) is 5.52. The predicted molar refractivity (Wildman–Crippen MR) is 53.7 cm³/mol. The highest BCUT2D eigenvalue weighted by molar-refractivity contribution is 5.85. The fourth-order valence-corrected chi connectivity index (χ4v) is 1.14. The van der Waals surface area contributed by atoms with Crippen LogP contribution >= 0.6 is 0 Å². The van der Waals surface area contributed by atoms with Crippen molar-refractivity contribution in [1.29, 1.82) is 0 Å². The summed E-state index contributed by atoms with van der Waals surface area (Å²) < 4.78 is 4.81. The van der Waals surface area contributed by atoms with E-state index in [1.165, 1.54) is 0 Å². The largest absolute Gasteiger partial charge is 0.384 e. The quantitative estimate of drug-likeness (QED) is 0.759. The van der Waals surface area contributed by atoms with E-state index < -0.39 is 6.04 Å². The number of benzene rings is 1. The Hall–Kier alpha value is -1.19. The van der Waals surface area contributed by atoms with Gasteiger partial charge in [-0.25, -0.2) is 0 Å². The van der Waals surface area contributed by atoms with Crippen molar-refractivity contribution in [3.05, 3.63) is 35.9 Å². The Morgan fingerprint density at radius 2 is 2.50 bits per heavy atom. The molecule has 0 heterocycles. The SMILES string of the molecule is COCCC(=O)C(N)c1c[c]ccc1. The number of rotatable bonds is 5. The lowest BCUT2D eigenvalue weighted by atomic mass is 10.0. The van der Waals surface area contributed by atoms with Gasteiger partial charge in [-0.1, -0.05) is 18.2 Å². The lowest BCUT2D eigenvalue weighted by molar-refractivity contribution is -0.121. The number of ether oxygens (including phenoxy) is 1. The number of ketones is 1. The Morgan fingerprint density at radius 3 is 3.07 bits per heavy atom. The molecule has 1 aromatic carbocycles. The maximum absolute atomic E-state index is 11.5. The minimum Gasteiger partial charge on any atom is -0.384 e. The molecule has 2 N–H and O–H groups in total. The number of hydrogen-bond acceptors (Lipinski definition) is 3. The molecule has 1 rings (SSSR count). The summed E-state index contributed by atoms with van der Waals surface area (Å²) in [6.07, 6.45) is 0.354. The molecule has 1 radical (unpaired) electrons. The van der Waals surface area contributed by atoms with Gasteiger partial charge in [-0.15, -0.1) is 0 Å². The van der Waals surface area contributed by atoms with Crippen molar-refractivity contribution in [3.8, 4) is 0 Å². The van der Waals surface area contributed by atoms with Crippen LogP contribution in [0.1, 0.15) is 18.0 Å². The number of carbonyl (C=O) groups is 1. The first-order valence-corrected chi connectivity index (χ1v) is 4.49. The van der Waals surface area contributed by atoms with Crippen molar-refractivity contribution >= 4 is 5.78 Å². The average Bonchev–Trinajstić information content (AvgIpc) is 2.26.